The molecule has 0 aliphatic heterocycles. The summed E-state index contributed by atoms with van der Waals surface area (Å²) in [5.74, 6) is 1.19. The molecule has 0 amide bonds. The third kappa shape index (κ3) is 3.71. The highest BCUT2D eigenvalue weighted by Gasteiger charge is 2.11. The highest BCUT2D eigenvalue weighted by Crippen LogP contribution is 2.48. The Balaban J connectivity index is 2.76. The van der Waals surface area contributed by atoms with Gasteiger partial charge < -0.3 is 9.26 Å². The molecule has 0 radical (unpaired) electrons. The number of ether oxygens (including phenoxy) is 1. The molecule has 0 heterocycles. The van der Waals surface area contributed by atoms with E-state index in [0.29, 0.717) is 11.5 Å². The number of hydrogen-bond acceptors (Lipinski definition) is 3. The van der Waals surface area contributed by atoms with Crippen molar-refractivity contribution in [3.8, 4) is 11.5 Å². The Bertz CT molecular complexity index is 317. The lowest BCUT2D eigenvalue weighted by molar-refractivity contribution is 0.414. The summed E-state index contributed by atoms with van der Waals surface area (Å²) in [6, 6.07) is 6.72. The highest BCUT2D eigenvalue weighted by molar-refractivity contribution is 7.85. The van der Waals surface area contributed by atoms with Gasteiger partial charge in [0.05, 0.1) is 7.11 Å². The normalized spacial score (nSPS) is 14.7. The first-order valence-corrected chi connectivity index (χ1v) is 6.60. The molecule has 0 aliphatic carbocycles. The quantitative estimate of drug-likeness (QED) is 0.734. The van der Waals surface area contributed by atoms with Crippen molar-refractivity contribution < 1.29 is 13.8 Å². The van der Waals surface area contributed by atoms with E-state index < -0.39 is 6.72 Å². The van der Waals surface area contributed by atoms with Crippen LogP contribution in [0.5, 0.6) is 11.5 Å². The van der Waals surface area contributed by atoms with Crippen LogP contribution in [0.3, 0.4) is 0 Å². The molecule has 1 atom stereocenters. The topological polar surface area (TPSA) is 35.5 Å². The number of methoxy groups -OCH3 is 1. The fourth-order valence-corrected chi connectivity index (χ4v) is 1.56. The molecule has 1 rings (SSSR count). The molecule has 0 aromatic heterocycles. The molecule has 0 bridgehead atoms. The fourth-order valence-electron chi connectivity index (χ4n) is 0.825. The Labute approximate surface area is 81.9 Å². The summed E-state index contributed by atoms with van der Waals surface area (Å²) in [7, 11) is 1.57. The van der Waals surface area contributed by atoms with Crippen LogP contribution in [-0.2, 0) is 4.57 Å². The number of hydrogen-bond donors (Lipinski definition) is 0. The van der Waals surface area contributed by atoms with Gasteiger partial charge in [0.15, 0.2) is 0 Å². The first kappa shape index (κ1) is 10.4. The Morgan fingerprint density at radius 2 is 1.69 bits per heavy atom. The lowest BCUT2D eigenvalue weighted by atomic mass is 10.3. The summed E-state index contributed by atoms with van der Waals surface area (Å²) >= 11 is 5.44. The summed E-state index contributed by atoms with van der Waals surface area (Å²) in [4.78, 5) is 0. The third-order valence-electron chi connectivity index (χ3n) is 1.33. The molecule has 0 spiro atoms. The van der Waals surface area contributed by atoms with E-state index in [0.717, 1.165) is 0 Å². The molecule has 72 valence electrons. The summed E-state index contributed by atoms with van der Waals surface area (Å²) in [6.45, 7) is -1.63. The molecule has 0 fully saturated rings. The summed E-state index contributed by atoms with van der Waals surface area (Å²) < 4.78 is 21.0. The number of halogens is 1. The molecule has 13 heavy (non-hydrogen) atoms. The fraction of sp³-hybridized carbons (Fsp3) is 0.250. The van der Waals surface area contributed by atoms with Crippen LogP contribution in [0.4, 0.5) is 0 Å². The van der Waals surface area contributed by atoms with Crippen molar-refractivity contribution in [3.63, 3.8) is 0 Å². The Hall–Kier alpha value is -0.660. The van der Waals surface area contributed by atoms with Gasteiger partial charge in [-0.3, -0.25) is 4.57 Å². The Kier molecular flexibility index (Phi) is 3.23. The summed E-state index contributed by atoms with van der Waals surface area (Å²) in [6.07, 6.45) is 0. The van der Waals surface area contributed by atoms with Crippen molar-refractivity contribution in [2.45, 2.75) is 0 Å². The van der Waals surface area contributed by atoms with Gasteiger partial charge in [0.1, 0.15) is 11.5 Å². The smallest absolute Gasteiger partial charge is 0.333 e. The van der Waals surface area contributed by atoms with Gasteiger partial charge in [-0.1, -0.05) is 0 Å². The lowest BCUT2D eigenvalue weighted by Gasteiger charge is -2.07. The van der Waals surface area contributed by atoms with E-state index >= 15 is 0 Å². The van der Waals surface area contributed by atoms with Gasteiger partial charge in [-0.15, -0.1) is 0 Å². The standard InChI is InChI=1S/C8H10ClO3P/c1-11-7-3-5-8(6-4-7)12-13(2,9)10/h3-6H,1-2H3. The predicted molar refractivity (Wildman–Crippen MR) is 53.0 cm³/mol. The SMILES string of the molecule is COc1ccc(OP(C)(=O)Cl)cc1. The Morgan fingerprint density at radius 3 is 2.08 bits per heavy atom. The molecule has 0 saturated carbocycles. The van der Waals surface area contributed by atoms with E-state index in [1.165, 1.54) is 6.66 Å². The van der Waals surface area contributed by atoms with Gasteiger partial charge in [0.2, 0.25) is 0 Å². The number of rotatable bonds is 3. The van der Waals surface area contributed by atoms with Crippen LogP contribution in [0.15, 0.2) is 24.3 Å². The molecular formula is C8H10ClO3P. The van der Waals surface area contributed by atoms with Crippen LogP contribution < -0.4 is 9.26 Å². The van der Waals surface area contributed by atoms with Crippen molar-refractivity contribution in [2.24, 2.45) is 0 Å². The second-order valence-corrected chi connectivity index (χ2v) is 6.03. The van der Waals surface area contributed by atoms with E-state index in [9.17, 15) is 4.57 Å². The molecule has 1 unspecified atom stereocenters. The van der Waals surface area contributed by atoms with E-state index in [2.05, 4.69) is 0 Å². The predicted octanol–water partition coefficient (Wildman–Crippen LogP) is 3.14. The van der Waals surface area contributed by atoms with E-state index in [-0.39, 0.29) is 0 Å². The second-order valence-electron chi connectivity index (χ2n) is 2.51. The van der Waals surface area contributed by atoms with Gasteiger partial charge in [-0.2, -0.15) is 0 Å². The van der Waals surface area contributed by atoms with Crippen molar-refractivity contribution in [2.75, 3.05) is 13.8 Å². The van der Waals surface area contributed by atoms with Gasteiger partial charge in [0.25, 0.3) is 0 Å². The average Bonchev–Trinajstić information content (AvgIpc) is 2.03. The zero-order valence-electron chi connectivity index (χ0n) is 7.36. The molecule has 0 N–H and O–H groups in total. The van der Waals surface area contributed by atoms with Gasteiger partial charge >= 0.3 is 6.72 Å². The van der Waals surface area contributed by atoms with E-state index in [1.807, 2.05) is 0 Å². The zero-order chi connectivity index (χ0) is 9.90. The maximum atomic E-state index is 11.1. The zero-order valence-corrected chi connectivity index (χ0v) is 9.01. The second kappa shape index (κ2) is 4.03. The van der Waals surface area contributed by atoms with Crippen LogP contribution in [0.25, 0.3) is 0 Å². The maximum Gasteiger partial charge on any atom is 0.333 e. The number of benzene rings is 1. The monoisotopic (exact) mass is 220 g/mol. The molecule has 0 saturated heterocycles. The van der Waals surface area contributed by atoms with Crippen LogP contribution in [0.1, 0.15) is 0 Å². The van der Waals surface area contributed by atoms with Gasteiger partial charge in [-0.05, 0) is 35.5 Å². The Morgan fingerprint density at radius 1 is 1.23 bits per heavy atom. The highest BCUT2D eigenvalue weighted by atomic mass is 35.7. The molecule has 1 aromatic rings. The summed E-state index contributed by atoms with van der Waals surface area (Å²) in [5.41, 5.74) is 0. The van der Waals surface area contributed by atoms with Crippen LogP contribution in [0, 0.1) is 0 Å². The molecule has 3 nitrogen and oxygen atoms in total. The van der Waals surface area contributed by atoms with Crippen molar-refractivity contribution >= 4 is 18.0 Å². The van der Waals surface area contributed by atoms with Crippen molar-refractivity contribution in [1.82, 2.24) is 0 Å². The third-order valence-corrected chi connectivity index (χ3v) is 2.07. The minimum absolute atomic E-state index is 0.474. The minimum Gasteiger partial charge on any atom is -0.497 e. The van der Waals surface area contributed by atoms with Gasteiger partial charge in [0, 0.05) is 6.66 Å². The van der Waals surface area contributed by atoms with Crippen molar-refractivity contribution in [1.29, 1.82) is 0 Å². The van der Waals surface area contributed by atoms with Crippen molar-refractivity contribution in [3.05, 3.63) is 24.3 Å². The van der Waals surface area contributed by atoms with Crippen LogP contribution in [0.2, 0.25) is 0 Å². The van der Waals surface area contributed by atoms with E-state index in [1.54, 1.807) is 31.4 Å². The summed E-state index contributed by atoms with van der Waals surface area (Å²) in [5, 5.41) is 0. The molecule has 1 aromatic carbocycles. The maximum absolute atomic E-state index is 11.1. The average molecular weight is 221 g/mol. The molecule has 5 heteroatoms. The van der Waals surface area contributed by atoms with E-state index in [4.69, 9.17) is 20.5 Å². The first-order valence-electron chi connectivity index (χ1n) is 3.62. The molecule has 0 aliphatic rings. The molecular weight excluding hydrogens is 211 g/mol. The van der Waals surface area contributed by atoms with Gasteiger partial charge in [-0.25, -0.2) is 0 Å². The largest absolute Gasteiger partial charge is 0.497 e. The minimum atomic E-state index is -2.98. The lowest BCUT2D eigenvalue weighted by Crippen LogP contribution is -1.86. The van der Waals surface area contributed by atoms with Crippen LogP contribution in [-0.4, -0.2) is 13.8 Å². The van der Waals surface area contributed by atoms with Crippen LogP contribution >= 0.6 is 18.0 Å². The first-order chi connectivity index (χ1) is 6.01.